The number of nitrogens with zero attached hydrogens (tertiary/aromatic N) is 2. The average molecular weight is 301 g/mol. The summed E-state index contributed by atoms with van der Waals surface area (Å²) in [6, 6.07) is 9.55. The van der Waals surface area contributed by atoms with Gasteiger partial charge in [0.25, 0.3) is 5.91 Å². The first-order chi connectivity index (χ1) is 10.1. The van der Waals surface area contributed by atoms with Gasteiger partial charge >= 0.3 is 0 Å². The van der Waals surface area contributed by atoms with Crippen molar-refractivity contribution in [1.29, 1.82) is 0 Å². The van der Waals surface area contributed by atoms with Gasteiger partial charge in [0.05, 0.1) is 5.56 Å². The zero-order valence-electron chi connectivity index (χ0n) is 12.5. The molecule has 0 spiro atoms. The number of hydrogen-bond acceptors (Lipinski definition) is 4. The quantitative estimate of drug-likeness (QED) is 0.863. The van der Waals surface area contributed by atoms with Gasteiger partial charge in [0.2, 0.25) is 0 Å². The molecule has 1 N–H and O–H groups in total. The van der Waals surface area contributed by atoms with Crippen molar-refractivity contribution in [3.63, 3.8) is 0 Å². The minimum atomic E-state index is -0.0516. The maximum Gasteiger partial charge on any atom is 0.252 e. The second kappa shape index (κ2) is 7.22. The highest BCUT2D eigenvalue weighted by molar-refractivity contribution is 7.98. The molecule has 2 rings (SSSR count). The predicted octanol–water partition coefficient (Wildman–Crippen LogP) is 2.79. The summed E-state index contributed by atoms with van der Waals surface area (Å²) < 4.78 is 0. The lowest BCUT2D eigenvalue weighted by molar-refractivity contribution is 0.0951. The fourth-order valence-corrected chi connectivity index (χ4v) is 2.72. The molecule has 5 heteroatoms. The SMILES string of the molecule is CSc1ccccc1C(=O)NCCc1nc(C)cc(C)n1. The summed E-state index contributed by atoms with van der Waals surface area (Å²) >= 11 is 1.57. The summed E-state index contributed by atoms with van der Waals surface area (Å²) in [4.78, 5) is 21.9. The molecule has 0 bridgehead atoms. The molecule has 0 aliphatic rings. The van der Waals surface area contributed by atoms with E-state index in [-0.39, 0.29) is 5.91 Å². The van der Waals surface area contributed by atoms with Crippen molar-refractivity contribution in [2.45, 2.75) is 25.2 Å². The lowest BCUT2D eigenvalue weighted by atomic mass is 10.2. The van der Waals surface area contributed by atoms with Crippen LogP contribution in [0.15, 0.2) is 35.2 Å². The average Bonchev–Trinajstić information content (AvgIpc) is 2.46. The molecule has 21 heavy (non-hydrogen) atoms. The Labute approximate surface area is 129 Å². The fourth-order valence-electron chi connectivity index (χ4n) is 2.13. The van der Waals surface area contributed by atoms with E-state index in [1.54, 1.807) is 11.8 Å². The van der Waals surface area contributed by atoms with Crippen molar-refractivity contribution in [2.24, 2.45) is 0 Å². The molecular formula is C16H19N3OS. The number of aryl methyl sites for hydroxylation is 2. The Bertz CT molecular complexity index is 623. The Morgan fingerprint density at radius 2 is 1.86 bits per heavy atom. The second-order valence-corrected chi connectivity index (χ2v) is 5.62. The molecule has 0 unspecified atom stereocenters. The normalized spacial score (nSPS) is 10.4. The van der Waals surface area contributed by atoms with Crippen LogP contribution in [0.2, 0.25) is 0 Å². The molecule has 1 aromatic carbocycles. The zero-order chi connectivity index (χ0) is 15.2. The van der Waals surface area contributed by atoms with Crippen LogP contribution in [0.4, 0.5) is 0 Å². The van der Waals surface area contributed by atoms with Crippen molar-refractivity contribution in [3.05, 3.63) is 53.1 Å². The first-order valence-electron chi connectivity index (χ1n) is 6.82. The molecule has 0 aliphatic heterocycles. The number of rotatable bonds is 5. The molecule has 0 atom stereocenters. The minimum absolute atomic E-state index is 0.0516. The minimum Gasteiger partial charge on any atom is -0.352 e. The number of amides is 1. The number of hydrogen-bond donors (Lipinski definition) is 1. The first-order valence-corrected chi connectivity index (χ1v) is 8.05. The molecule has 2 aromatic rings. The van der Waals surface area contributed by atoms with Gasteiger partial charge in [-0.2, -0.15) is 0 Å². The summed E-state index contributed by atoms with van der Waals surface area (Å²) in [7, 11) is 0. The van der Waals surface area contributed by atoms with Crippen LogP contribution in [0.1, 0.15) is 27.6 Å². The first kappa shape index (κ1) is 15.5. The molecule has 1 aromatic heterocycles. The Kier molecular flexibility index (Phi) is 5.33. The number of thioether (sulfide) groups is 1. The van der Waals surface area contributed by atoms with E-state index in [4.69, 9.17) is 0 Å². The Morgan fingerprint density at radius 3 is 2.52 bits per heavy atom. The molecule has 4 nitrogen and oxygen atoms in total. The van der Waals surface area contributed by atoms with Gasteiger partial charge in [0.15, 0.2) is 0 Å². The van der Waals surface area contributed by atoms with E-state index in [0.29, 0.717) is 18.5 Å². The molecule has 0 saturated heterocycles. The third kappa shape index (κ3) is 4.29. The highest BCUT2D eigenvalue weighted by Gasteiger charge is 2.09. The van der Waals surface area contributed by atoms with Crippen LogP contribution in [-0.2, 0) is 6.42 Å². The van der Waals surface area contributed by atoms with Gasteiger partial charge in [-0.25, -0.2) is 9.97 Å². The van der Waals surface area contributed by atoms with Gasteiger partial charge in [0.1, 0.15) is 5.82 Å². The van der Waals surface area contributed by atoms with Crippen molar-refractivity contribution in [2.75, 3.05) is 12.8 Å². The van der Waals surface area contributed by atoms with Crippen molar-refractivity contribution in [1.82, 2.24) is 15.3 Å². The van der Waals surface area contributed by atoms with Crippen LogP contribution in [0, 0.1) is 13.8 Å². The molecule has 1 amide bonds. The topological polar surface area (TPSA) is 54.9 Å². The molecule has 0 saturated carbocycles. The van der Waals surface area contributed by atoms with Gasteiger partial charge in [-0.15, -0.1) is 11.8 Å². The van der Waals surface area contributed by atoms with E-state index in [9.17, 15) is 4.79 Å². The van der Waals surface area contributed by atoms with Gasteiger partial charge in [-0.1, -0.05) is 12.1 Å². The maximum absolute atomic E-state index is 12.2. The molecule has 1 heterocycles. The lowest BCUT2D eigenvalue weighted by Crippen LogP contribution is -2.26. The number of carbonyl (C=O) groups is 1. The molecule has 110 valence electrons. The van der Waals surface area contributed by atoms with Gasteiger partial charge in [0, 0.05) is 29.2 Å². The van der Waals surface area contributed by atoms with Gasteiger partial charge in [-0.3, -0.25) is 4.79 Å². The second-order valence-electron chi connectivity index (χ2n) is 4.77. The van der Waals surface area contributed by atoms with E-state index in [1.807, 2.05) is 50.4 Å². The van der Waals surface area contributed by atoms with Crippen LogP contribution in [0.5, 0.6) is 0 Å². The monoisotopic (exact) mass is 301 g/mol. The number of carbonyl (C=O) groups excluding carboxylic acids is 1. The predicted molar refractivity (Wildman–Crippen MR) is 85.8 cm³/mol. The van der Waals surface area contributed by atoms with Crippen molar-refractivity contribution >= 4 is 17.7 Å². The van der Waals surface area contributed by atoms with E-state index in [2.05, 4.69) is 15.3 Å². The zero-order valence-corrected chi connectivity index (χ0v) is 13.3. The smallest absolute Gasteiger partial charge is 0.252 e. The highest BCUT2D eigenvalue weighted by Crippen LogP contribution is 2.19. The summed E-state index contributed by atoms with van der Waals surface area (Å²) in [5.41, 5.74) is 2.62. The largest absolute Gasteiger partial charge is 0.352 e. The number of nitrogens with one attached hydrogen (secondary N) is 1. The standard InChI is InChI=1S/C16H19N3OS/c1-11-10-12(2)19-15(18-11)8-9-17-16(20)13-6-4-5-7-14(13)21-3/h4-7,10H,8-9H2,1-3H3,(H,17,20). The Morgan fingerprint density at radius 1 is 1.19 bits per heavy atom. The van der Waals surface area contributed by atoms with E-state index >= 15 is 0 Å². The molecular weight excluding hydrogens is 282 g/mol. The van der Waals surface area contributed by atoms with Crippen LogP contribution in [-0.4, -0.2) is 28.7 Å². The summed E-state index contributed by atoms with van der Waals surface area (Å²) in [6.07, 6.45) is 2.60. The van der Waals surface area contributed by atoms with Crippen molar-refractivity contribution in [3.8, 4) is 0 Å². The third-order valence-electron chi connectivity index (χ3n) is 3.01. The van der Waals surface area contributed by atoms with Crippen molar-refractivity contribution < 1.29 is 4.79 Å². The van der Waals surface area contributed by atoms with Crippen LogP contribution in [0.25, 0.3) is 0 Å². The molecule has 0 aliphatic carbocycles. The summed E-state index contributed by atoms with van der Waals surface area (Å²) in [5, 5.41) is 2.93. The Balaban J connectivity index is 1.95. The molecule has 0 radical (unpaired) electrons. The van der Waals surface area contributed by atoms with Crippen LogP contribution < -0.4 is 5.32 Å². The third-order valence-corrected chi connectivity index (χ3v) is 3.81. The van der Waals surface area contributed by atoms with Gasteiger partial charge in [-0.05, 0) is 38.3 Å². The fraction of sp³-hybridized carbons (Fsp3) is 0.312. The maximum atomic E-state index is 12.2. The Hall–Kier alpha value is -1.88. The van der Waals surface area contributed by atoms with E-state index in [1.165, 1.54) is 0 Å². The number of aromatic nitrogens is 2. The van der Waals surface area contributed by atoms with Crippen LogP contribution in [0.3, 0.4) is 0 Å². The summed E-state index contributed by atoms with van der Waals surface area (Å²) in [5.74, 6) is 0.718. The summed E-state index contributed by atoms with van der Waals surface area (Å²) in [6.45, 7) is 4.43. The molecule has 0 fully saturated rings. The lowest BCUT2D eigenvalue weighted by Gasteiger charge is -2.08. The van der Waals surface area contributed by atoms with E-state index in [0.717, 1.165) is 22.1 Å². The van der Waals surface area contributed by atoms with E-state index < -0.39 is 0 Å². The highest BCUT2D eigenvalue weighted by atomic mass is 32.2. The van der Waals surface area contributed by atoms with Gasteiger partial charge < -0.3 is 5.32 Å². The number of benzene rings is 1. The van der Waals surface area contributed by atoms with Crippen LogP contribution >= 0.6 is 11.8 Å².